The summed E-state index contributed by atoms with van der Waals surface area (Å²) in [6, 6.07) is 34.3. The number of unbranched alkanes of at least 4 members (excludes halogenated alkanes) is 4. The van der Waals surface area contributed by atoms with Gasteiger partial charge in [0.05, 0.1) is 0 Å². The van der Waals surface area contributed by atoms with Crippen LogP contribution in [0, 0.1) is 0 Å². The van der Waals surface area contributed by atoms with Crippen LogP contribution in [0.5, 0.6) is 11.5 Å². The predicted molar refractivity (Wildman–Crippen MR) is 170 cm³/mol. The van der Waals surface area contributed by atoms with E-state index in [9.17, 15) is 0 Å². The molecule has 0 N–H and O–H groups in total. The molecular weight excluding hydrogens is 472 g/mol. The van der Waals surface area contributed by atoms with E-state index >= 15 is 0 Å². The summed E-state index contributed by atoms with van der Waals surface area (Å²) in [6.07, 6.45) is 18.7. The highest BCUT2D eigenvalue weighted by molar-refractivity contribution is 5.71. The summed E-state index contributed by atoms with van der Waals surface area (Å²) < 4.78 is 6.07. The summed E-state index contributed by atoms with van der Waals surface area (Å²) in [4.78, 5) is 0. The Bertz CT molecular complexity index is 1190. The van der Waals surface area contributed by atoms with Crippen molar-refractivity contribution in [3.63, 3.8) is 0 Å². The highest BCUT2D eigenvalue weighted by Crippen LogP contribution is 2.23. The molecule has 4 aromatic carbocycles. The molecule has 0 saturated heterocycles. The summed E-state index contributed by atoms with van der Waals surface area (Å²) in [6.45, 7) is 4.50. The van der Waals surface area contributed by atoms with Crippen LogP contribution >= 0.6 is 0 Å². The van der Waals surface area contributed by atoms with Gasteiger partial charge in [0.25, 0.3) is 0 Å². The fourth-order valence-corrected chi connectivity index (χ4v) is 4.56. The van der Waals surface area contributed by atoms with Gasteiger partial charge in [0.2, 0.25) is 0 Å². The Balaban J connectivity index is 1.26. The predicted octanol–water partition coefficient (Wildman–Crippen LogP) is 11.3. The van der Waals surface area contributed by atoms with Crippen molar-refractivity contribution in [3.05, 3.63) is 130 Å². The average molecular weight is 515 g/mol. The molecule has 0 aromatic heterocycles. The second-order valence-electron chi connectivity index (χ2n) is 10.3. The number of hydrogen-bond donors (Lipinski definition) is 0. The van der Waals surface area contributed by atoms with Crippen LogP contribution in [0.4, 0.5) is 0 Å². The minimum atomic E-state index is 0.839. The van der Waals surface area contributed by atoms with Crippen LogP contribution in [0.3, 0.4) is 0 Å². The first-order chi connectivity index (χ1) is 19.2. The Hall–Kier alpha value is -3.84. The summed E-state index contributed by atoms with van der Waals surface area (Å²) >= 11 is 0. The fraction of sp³-hybridized carbons (Fsp3) is 0.263. The van der Waals surface area contributed by atoms with Crippen molar-refractivity contribution >= 4 is 24.3 Å². The smallest absolute Gasteiger partial charge is 0.127 e. The molecule has 0 unspecified atom stereocenters. The van der Waals surface area contributed by atoms with Gasteiger partial charge in [-0.2, -0.15) is 0 Å². The summed E-state index contributed by atoms with van der Waals surface area (Å²) in [5, 5.41) is 0. The number of hydrogen-bond acceptors (Lipinski definition) is 1. The lowest BCUT2D eigenvalue weighted by Gasteiger charge is -2.06. The summed E-state index contributed by atoms with van der Waals surface area (Å²) in [7, 11) is 0. The van der Waals surface area contributed by atoms with E-state index in [1.807, 2.05) is 24.3 Å². The molecule has 4 rings (SSSR count). The van der Waals surface area contributed by atoms with Gasteiger partial charge < -0.3 is 4.74 Å². The van der Waals surface area contributed by atoms with E-state index in [0.717, 1.165) is 22.6 Å². The first-order valence-electron chi connectivity index (χ1n) is 14.6. The molecule has 0 saturated carbocycles. The Morgan fingerprint density at radius 1 is 0.410 bits per heavy atom. The Kier molecular flexibility index (Phi) is 11.2. The van der Waals surface area contributed by atoms with Crippen molar-refractivity contribution in [1.82, 2.24) is 0 Å². The fourth-order valence-electron chi connectivity index (χ4n) is 4.56. The summed E-state index contributed by atoms with van der Waals surface area (Å²) in [5.74, 6) is 1.68. The Labute approximate surface area is 235 Å². The molecule has 0 fully saturated rings. The SMILES string of the molecule is CCCCCc1ccc(C=Cc2ccc(Oc3ccc(C=Cc4ccc(CCCCC)cc4)cc3)cc2)cc1. The van der Waals surface area contributed by atoms with Gasteiger partial charge in [-0.05, 0) is 83.3 Å². The van der Waals surface area contributed by atoms with Crippen molar-refractivity contribution < 1.29 is 4.74 Å². The van der Waals surface area contributed by atoms with Crippen molar-refractivity contribution in [2.24, 2.45) is 0 Å². The normalized spacial score (nSPS) is 11.4. The second-order valence-corrected chi connectivity index (χ2v) is 10.3. The first-order valence-corrected chi connectivity index (χ1v) is 14.6. The monoisotopic (exact) mass is 514 g/mol. The highest BCUT2D eigenvalue weighted by atomic mass is 16.5. The Morgan fingerprint density at radius 2 is 0.718 bits per heavy atom. The maximum atomic E-state index is 6.07. The molecule has 0 radical (unpaired) electrons. The number of rotatable bonds is 14. The van der Waals surface area contributed by atoms with Crippen LogP contribution < -0.4 is 4.74 Å². The third-order valence-electron chi connectivity index (χ3n) is 7.03. The standard InChI is InChI=1S/C38H42O/c1-3-5-7-9-31-11-15-33(16-12-31)19-21-35-23-27-37(28-24-35)39-38-29-25-36(26-30-38)22-20-34-17-13-32(14-18-34)10-8-6-4-2/h11-30H,3-10H2,1-2H3. The van der Waals surface area contributed by atoms with Crippen LogP contribution in [0.2, 0.25) is 0 Å². The third kappa shape index (κ3) is 9.76. The lowest BCUT2D eigenvalue weighted by Crippen LogP contribution is -1.85. The molecule has 200 valence electrons. The van der Waals surface area contributed by atoms with Gasteiger partial charge in [-0.3, -0.25) is 0 Å². The number of benzene rings is 4. The van der Waals surface area contributed by atoms with Gasteiger partial charge in [0.15, 0.2) is 0 Å². The maximum absolute atomic E-state index is 6.07. The van der Waals surface area contributed by atoms with E-state index in [0.29, 0.717) is 0 Å². The van der Waals surface area contributed by atoms with Gasteiger partial charge in [-0.1, -0.05) is 137 Å². The van der Waals surface area contributed by atoms with Crippen LogP contribution in [0.15, 0.2) is 97.1 Å². The highest BCUT2D eigenvalue weighted by Gasteiger charge is 1.99. The van der Waals surface area contributed by atoms with Gasteiger partial charge in [-0.15, -0.1) is 0 Å². The van der Waals surface area contributed by atoms with Crippen LogP contribution in [-0.2, 0) is 12.8 Å². The van der Waals surface area contributed by atoms with E-state index in [2.05, 4.69) is 111 Å². The third-order valence-corrected chi connectivity index (χ3v) is 7.03. The van der Waals surface area contributed by atoms with E-state index in [1.165, 1.54) is 73.6 Å². The zero-order chi connectivity index (χ0) is 27.1. The number of aryl methyl sites for hydroxylation is 2. The molecule has 0 atom stereocenters. The Morgan fingerprint density at radius 3 is 1.03 bits per heavy atom. The van der Waals surface area contributed by atoms with Gasteiger partial charge in [-0.25, -0.2) is 0 Å². The van der Waals surface area contributed by atoms with E-state index < -0.39 is 0 Å². The molecule has 39 heavy (non-hydrogen) atoms. The van der Waals surface area contributed by atoms with Crippen LogP contribution in [0.1, 0.15) is 85.8 Å². The molecule has 4 aromatic rings. The second kappa shape index (κ2) is 15.5. The average Bonchev–Trinajstić information content (AvgIpc) is 2.98. The van der Waals surface area contributed by atoms with Crippen molar-refractivity contribution in [2.45, 2.75) is 65.2 Å². The zero-order valence-corrected chi connectivity index (χ0v) is 23.6. The molecule has 0 heterocycles. The van der Waals surface area contributed by atoms with Crippen LogP contribution in [0.25, 0.3) is 24.3 Å². The molecule has 1 heteroatoms. The largest absolute Gasteiger partial charge is 0.457 e. The molecule has 0 spiro atoms. The minimum absolute atomic E-state index is 0.839. The quantitative estimate of drug-likeness (QED) is 0.120. The molecule has 0 aliphatic rings. The van der Waals surface area contributed by atoms with Crippen LogP contribution in [-0.4, -0.2) is 0 Å². The molecule has 1 nitrogen and oxygen atoms in total. The number of ether oxygens (including phenoxy) is 1. The van der Waals surface area contributed by atoms with Gasteiger partial charge >= 0.3 is 0 Å². The van der Waals surface area contributed by atoms with Crippen molar-refractivity contribution in [2.75, 3.05) is 0 Å². The molecule has 0 amide bonds. The maximum Gasteiger partial charge on any atom is 0.127 e. The van der Waals surface area contributed by atoms with Crippen molar-refractivity contribution in [1.29, 1.82) is 0 Å². The van der Waals surface area contributed by atoms with Gasteiger partial charge in [0.1, 0.15) is 11.5 Å². The van der Waals surface area contributed by atoms with Crippen molar-refractivity contribution in [3.8, 4) is 11.5 Å². The van der Waals surface area contributed by atoms with E-state index in [1.54, 1.807) is 0 Å². The summed E-state index contributed by atoms with van der Waals surface area (Å²) in [5.41, 5.74) is 7.61. The van der Waals surface area contributed by atoms with Gasteiger partial charge in [0, 0.05) is 0 Å². The van der Waals surface area contributed by atoms with E-state index in [4.69, 9.17) is 4.74 Å². The topological polar surface area (TPSA) is 9.23 Å². The van der Waals surface area contributed by atoms with E-state index in [-0.39, 0.29) is 0 Å². The first kappa shape index (κ1) is 28.2. The molecular formula is C38H42O. The minimum Gasteiger partial charge on any atom is -0.457 e. The lowest BCUT2D eigenvalue weighted by molar-refractivity contribution is 0.482. The molecule has 0 bridgehead atoms. The lowest BCUT2D eigenvalue weighted by atomic mass is 10.0. The zero-order valence-electron chi connectivity index (χ0n) is 23.6. The molecule has 0 aliphatic carbocycles. The molecule has 0 aliphatic heterocycles.